The summed E-state index contributed by atoms with van der Waals surface area (Å²) in [5.41, 5.74) is 2.17. The molecular weight excluding hydrogens is 467 g/mol. The molecule has 0 saturated carbocycles. The number of amides is 1. The molecule has 35 heavy (non-hydrogen) atoms. The van der Waals surface area contributed by atoms with Gasteiger partial charge in [-0.25, -0.2) is 14.1 Å². The minimum absolute atomic E-state index is 0.0363. The Morgan fingerprint density at radius 2 is 1.74 bits per heavy atom. The lowest BCUT2D eigenvalue weighted by atomic mass is 10.1. The van der Waals surface area contributed by atoms with Crippen molar-refractivity contribution in [2.45, 2.75) is 17.6 Å². The van der Waals surface area contributed by atoms with E-state index in [9.17, 15) is 14.0 Å². The lowest BCUT2D eigenvalue weighted by Crippen LogP contribution is -2.49. The molecule has 1 atom stereocenters. The molecule has 2 aliphatic rings. The maximum Gasteiger partial charge on any atom is 0.265 e. The predicted octanol–water partition coefficient (Wildman–Crippen LogP) is 3.11. The van der Waals surface area contributed by atoms with Crippen LogP contribution in [0.25, 0.3) is 16.7 Å². The van der Waals surface area contributed by atoms with E-state index in [1.165, 1.54) is 23.9 Å². The van der Waals surface area contributed by atoms with Gasteiger partial charge in [0.2, 0.25) is 5.91 Å². The van der Waals surface area contributed by atoms with Gasteiger partial charge in [0, 0.05) is 44.0 Å². The van der Waals surface area contributed by atoms with Gasteiger partial charge in [-0.15, -0.1) is 0 Å². The lowest BCUT2D eigenvalue weighted by molar-refractivity contribution is -0.132. The van der Waals surface area contributed by atoms with Crippen LogP contribution < -0.4 is 10.5 Å². The van der Waals surface area contributed by atoms with Crippen molar-refractivity contribution in [3.05, 3.63) is 77.0 Å². The summed E-state index contributed by atoms with van der Waals surface area (Å²) in [5.74, 6) is 0.412. The highest BCUT2D eigenvalue weighted by molar-refractivity contribution is 7.99. The molecule has 178 valence electrons. The minimum Gasteiger partial charge on any atom is -0.368 e. The smallest absolute Gasteiger partial charge is 0.265 e. The molecule has 0 N–H and O–H groups in total. The first-order valence-electron chi connectivity index (χ1n) is 11.6. The number of fused-ring (bicyclic) bond motifs is 2. The van der Waals surface area contributed by atoms with Gasteiger partial charge < -0.3 is 9.80 Å². The van der Waals surface area contributed by atoms with Crippen molar-refractivity contribution in [2.24, 2.45) is 0 Å². The first-order valence-corrected chi connectivity index (χ1v) is 12.5. The van der Waals surface area contributed by atoms with E-state index in [0.29, 0.717) is 48.1 Å². The number of anilines is 1. The van der Waals surface area contributed by atoms with E-state index in [-0.39, 0.29) is 29.7 Å². The van der Waals surface area contributed by atoms with E-state index >= 15 is 0 Å². The fourth-order valence-electron chi connectivity index (χ4n) is 4.74. The van der Waals surface area contributed by atoms with Crippen molar-refractivity contribution in [1.82, 2.24) is 24.2 Å². The van der Waals surface area contributed by atoms with E-state index < -0.39 is 0 Å². The van der Waals surface area contributed by atoms with E-state index in [0.717, 1.165) is 11.4 Å². The second kappa shape index (κ2) is 8.84. The Labute approximate surface area is 205 Å². The summed E-state index contributed by atoms with van der Waals surface area (Å²) in [6.07, 6.45) is 1.82. The number of nitrogens with zero attached hydrogens (tertiary/aromatic N) is 6. The number of halogens is 1. The van der Waals surface area contributed by atoms with Gasteiger partial charge in [-0.05, 0) is 36.4 Å². The normalized spacial score (nSPS) is 17.7. The van der Waals surface area contributed by atoms with Gasteiger partial charge in [0.1, 0.15) is 11.2 Å². The SMILES string of the molecule is O=C(CC1CSc2nc3c(cnn3-c3ccccc3)c(=O)n21)N1CCN(c2ccc(F)cc2)CC1. The van der Waals surface area contributed by atoms with E-state index in [2.05, 4.69) is 10.00 Å². The van der Waals surface area contributed by atoms with Crippen LogP contribution in [0, 0.1) is 5.82 Å². The average molecular weight is 491 g/mol. The van der Waals surface area contributed by atoms with Crippen molar-refractivity contribution >= 4 is 34.4 Å². The van der Waals surface area contributed by atoms with Crippen LogP contribution in [0.5, 0.6) is 0 Å². The number of benzene rings is 2. The maximum atomic E-state index is 13.4. The van der Waals surface area contributed by atoms with Crippen molar-refractivity contribution in [3.63, 3.8) is 0 Å². The quantitative estimate of drug-likeness (QED) is 0.409. The molecule has 4 heterocycles. The van der Waals surface area contributed by atoms with Gasteiger partial charge in [-0.3, -0.25) is 14.2 Å². The number of carbonyl (C=O) groups excluding carboxylic acids is 1. The van der Waals surface area contributed by atoms with Crippen molar-refractivity contribution in [3.8, 4) is 5.69 Å². The molecule has 0 aliphatic carbocycles. The molecule has 1 unspecified atom stereocenters. The largest absolute Gasteiger partial charge is 0.368 e. The molecule has 0 bridgehead atoms. The Hall–Kier alpha value is -3.66. The third-order valence-corrected chi connectivity index (χ3v) is 7.70. The zero-order valence-corrected chi connectivity index (χ0v) is 19.7. The molecule has 8 nitrogen and oxygen atoms in total. The summed E-state index contributed by atoms with van der Waals surface area (Å²) in [4.78, 5) is 35.2. The Morgan fingerprint density at radius 1 is 1.00 bits per heavy atom. The molecule has 2 aliphatic heterocycles. The number of thioether (sulfide) groups is 1. The van der Waals surface area contributed by atoms with Gasteiger partial charge in [-0.1, -0.05) is 30.0 Å². The zero-order chi connectivity index (χ0) is 23.9. The van der Waals surface area contributed by atoms with Crippen LogP contribution in [0.15, 0.2) is 70.7 Å². The number of aromatic nitrogens is 4. The summed E-state index contributed by atoms with van der Waals surface area (Å²) < 4.78 is 16.5. The number of rotatable bonds is 4. The second-order valence-corrected chi connectivity index (χ2v) is 9.70. The minimum atomic E-state index is -0.258. The van der Waals surface area contributed by atoms with Gasteiger partial charge in [0.05, 0.1) is 17.9 Å². The van der Waals surface area contributed by atoms with Crippen molar-refractivity contribution in [1.29, 1.82) is 0 Å². The third-order valence-electron chi connectivity index (χ3n) is 6.61. The third kappa shape index (κ3) is 3.97. The van der Waals surface area contributed by atoms with Crippen LogP contribution in [-0.4, -0.2) is 62.1 Å². The van der Waals surface area contributed by atoms with Crippen LogP contribution in [0.3, 0.4) is 0 Å². The Bertz CT molecular complexity index is 1440. The molecule has 1 saturated heterocycles. The fraction of sp³-hybridized carbons (Fsp3) is 0.280. The zero-order valence-electron chi connectivity index (χ0n) is 18.9. The molecular formula is C25H23FN6O2S. The Morgan fingerprint density at radius 3 is 2.49 bits per heavy atom. The van der Waals surface area contributed by atoms with Crippen LogP contribution in [0.4, 0.5) is 10.1 Å². The molecule has 4 aromatic rings. The molecule has 2 aromatic heterocycles. The predicted molar refractivity (Wildman–Crippen MR) is 133 cm³/mol. The van der Waals surface area contributed by atoms with E-state index in [1.54, 1.807) is 27.6 Å². The lowest BCUT2D eigenvalue weighted by Gasteiger charge is -2.36. The van der Waals surface area contributed by atoms with Crippen molar-refractivity contribution < 1.29 is 9.18 Å². The highest BCUT2D eigenvalue weighted by Gasteiger charge is 2.31. The molecule has 6 rings (SSSR count). The first-order chi connectivity index (χ1) is 17.1. The van der Waals surface area contributed by atoms with Gasteiger partial charge >= 0.3 is 0 Å². The Kier molecular flexibility index (Phi) is 5.52. The van der Waals surface area contributed by atoms with Crippen molar-refractivity contribution in [2.75, 3.05) is 36.8 Å². The van der Waals surface area contributed by atoms with Crippen LogP contribution in [-0.2, 0) is 4.79 Å². The summed E-state index contributed by atoms with van der Waals surface area (Å²) in [7, 11) is 0. The number of carbonyl (C=O) groups is 1. The van der Waals surface area contributed by atoms with Gasteiger partial charge in [0.25, 0.3) is 5.56 Å². The molecule has 2 aromatic carbocycles. The maximum absolute atomic E-state index is 13.4. The summed E-state index contributed by atoms with van der Waals surface area (Å²) in [6.45, 7) is 2.57. The molecule has 1 fully saturated rings. The van der Waals surface area contributed by atoms with Gasteiger partial charge in [0.15, 0.2) is 10.8 Å². The highest BCUT2D eigenvalue weighted by Crippen LogP contribution is 2.34. The summed E-state index contributed by atoms with van der Waals surface area (Å²) in [5, 5.41) is 5.47. The monoisotopic (exact) mass is 490 g/mol. The molecule has 1 amide bonds. The number of piperazine rings is 1. The molecule has 10 heteroatoms. The summed E-state index contributed by atoms with van der Waals surface area (Å²) in [6, 6.07) is 15.8. The number of para-hydroxylation sites is 1. The first kappa shape index (κ1) is 21.8. The molecule has 0 spiro atoms. The molecule has 0 radical (unpaired) electrons. The van der Waals surface area contributed by atoms with E-state index in [1.807, 2.05) is 35.2 Å². The highest BCUT2D eigenvalue weighted by atomic mass is 32.2. The fourth-order valence-corrected chi connectivity index (χ4v) is 5.87. The topological polar surface area (TPSA) is 76.3 Å². The van der Waals surface area contributed by atoms with Gasteiger partial charge in [-0.2, -0.15) is 5.10 Å². The number of hydrogen-bond donors (Lipinski definition) is 0. The Balaban J connectivity index is 1.18. The van der Waals surface area contributed by atoms with E-state index in [4.69, 9.17) is 4.98 Å². The average Bonchev–Trinajstić information content (AvgIpc) is 3.50. The number of hydrogen-bond acceptors (Lipinski definition) is 6. The van der Waals surface area contributed by atoms with Crippen LogP contribution >= 0.6 is 11.8 Å². The van der Waals surface area contributed by atoms with Crippen LogP contribution in [0.1, 0.15) is 12.5 Å². The standard InChI is InChI=1S/C25H23FN6O2S/c26-17-6-8-18(9-7-17)29-10-12-30(13-11-29)22(33)14-20-16-35-25-28-23-21(24(34)31(20)25)15-27-32(23)19-4-2-1-3-5-19/h1-9,15,20H,10-14,16H2. The summed E-state index contributed by atoms with van der Waals surface area (Å²) >= 11 is 1.50. The second-order valence-electron chi connectivity index (χ2n) is 8.71. The van der Waals surface area contributed by atoms with Crippen LogP contribution in [0.2, 0.25) is 0 Å².